The van der Waals surface area contributed by atoms with Gasteiger partial charge in [0.25, 0.3) is 11.8 Å². The summed E-state index contributed by atoms with van der Waals surface area (Å²) in [7, 11) is 0. The molecule has 2 atom stereocenters. The highest BCUT2D eigenvalue weighted by Gasteiger charge is 2.23. The van der Waals surface area contributed by atoms with Crippen LogP contribution in [0.1, 0.15) is 39.6 Å². The Labute approximate surface area is 170 Å². The van der Waals surface area contributed by atoms with Crippen molar-refractivity contribution in [2.75, 3.05) is 18.4 Å². The third-order valence-electron chi connectivity index (χ3n) is 5.01. The number of rotatable bonds is 4. The molecule has 2 aromatic carbocycles. The van der Waals surface area contributed by atoms with E-state index in [-0.39, 0.29) is 29.9 Å². The van der Waals surface area contributed by atoms with E-state index in [0.29, 0.717) is 17.2 Å². The minimum Gasteiger partial charge on any atom is -0.348 e. The largest absolute Gasteiger partial charge is 0.348 e. The lowest BCUT2D eigenvalue weighted by atomic mass is 9.94. The van der Waals surface area contributed by atoms with Crippen LogP contribution in [-0.4, -0.2) is 30.9 Å². The maximum Gasteiger partial charge on any atom is 0.258 e. The Hall–Kier alpha value is -2.44. The Bertz CT molecular complexity index is 859. The summed E-state index contributed by atoms with van der Waals surface area (Å²) < 4.78 is 13.8. The Morgan fingerprint density at radius 1 is 1.14 bits per heavy atom. The van der Waals surface area contributed by atoms with Crippen molar-refractivity contribution in [1.29, 1.82) is 0 Å². The summed E-state index contributed by atoms with van der Waals surface area (Å²) in [6.45, 7) is 5.66. The van der Waals surface area contributed by atoms with Gasteiger partial charge in [-0.1, -0.05) is 25.1 Å². The number of carbonyl (C=O) groups excluding carboxylic acids is 2. The summed E-state index contributed by atoms with van der Waals surface area (Å²) in [5.41, 5.74) is 1.71. The summed E-state index contributed by atoms with van der Waals surface area (Å²) >= 11 is 0. The minimum atomic E-state index is -0.583. The van der Waals surface area contributed by atoms with Crippen LogP contribution >= 0.6 is 12.4 Å². The second-order valence-corrected chi connectivity index (χ2v) is 7.01. The molecular weight excluding hydrogens is 381 g/mol. The van der Waals surface area contributed by atoms with Crippen LogP contribution in [0, 0.1) is 18.7 Å². The molecule has 2 aromatic rings. The molecule has 2 amide bonds. The zero-order valence-corrected chi connectivity index (χ0v) is 16.7. The molecule has 3 rings (SSSR count). The van der Waals surface area contributed by atoms with Gasteiger partial charge >= 0.3 is 0 Å². The van der Waals surface area contributed by atoms with Gasteiger partial charge in [0.1, 0.15) is 5.82 Å². The maximum absolute atomic E-state index is 13.8. The molecule has 1 heterocycles. The highest BCUT2D eigenvalue weighted by atomic mass is 35.5. The van der Waals surface area contributed by atoms with Crippen LogP contribution in [0.5, 0.6) is 0 Å². The summed E-state index contributed by atoms with van der Waals surface area (Å²) in [5.74, 6) is -0.906. The Kier molecular flexibility index (Phi) is 7.54. The van der Waals surface area contributed by atoms with Gasteiger partial charge in [0.15, 0.2) is 0 Å². The molecular formula is C21H25ClFN3O2. The molecule has 0 radical (unpaired) electrons. The Balaban J connectivity index is 0.00000280. The molecule has 7 heteroatoms. The van der Waals surface area contributed by atoms with E-state index in [1.165, 1.54) is 18.2 Å². The van der Waals surface area contributed by atoms with Gasteiger partial charge in [0.05, 0.1) is 5.56 Å². The predicted molar refractivity (Wildman–Crippen MR) is 111 cm³/mol. The normalized spacial score (nSPS) is 18.7. The van der Waals surface area contributed by atoms with Crippen molar-refractivity contribution in [1.82, 2.24) is 10.6 Å². The van der Waals surface area contributed by atoms with E-state index < -0.39 is 11.7 Å². The van der Waals surface area contributed by atoms with E-state index in [4.69, 9.17) is 0 Å². The van der Waals surface area contributed by atoms with Crippen LogP contribution in [0.15, 0.2) is 42.5 Å². The fourth-order valence-electron chi connectivity index (χ4n) is 3.17. The Morgan fingerprint density at radius 2 is 1.89 bits per heavy atom. The quantitative estimate of drug-likeness (QED) is 0.728. The van der Waals surface area contributed by atoms with Crippen LogP contribution in [0.25, 0.3) is 0 Å². The number of aryl methyl sites for hydroxylation is 1. The third-order valence-corrected chi connectivity index (χ3v) is 5.01. The molecule has 5 nitrogen and oxygen atoms in total. The number of benzene rings is 2. The number of carbonyl (C=O) groups is 2. The first-order valence-electron chi connectivity index (χ1n) is 9.14. The molecule has 1 aliphatic heterocycles. The van der Waals surface area contributed by atoms with Gasteiger partial charge in [-0.05, 0) is 55.6 Å². The summed E-state index contributed by atoms with van der Waals surface area (Å²) in [6, 6.07) is 11.0. The second-order valence-electron chi connectivity index (χ2n) is 7.01. The summed E-state index contributed by atoms with van der Waals surface area (Å²) in [4.78, 5) is 25.0. The molecule has 0 aliphatic carbocycles. The number of halogens is 2. The summed E-state index contributed by atoms with van der Waals surface area (Å²) in [6.07, 6.45) is 1.02. The van der Waals surface area contributed by atoms with Crippen molar-refractivity contribution in [2.45, 2.75) is 26.3 Å². The van der Waals surface area contributed by atoms with E-state index in [1.807, 2.05) is 6.92 Å². The van der Waals surface area contributed by atoms with Gasteiger partial charge in [-0.25, -0.2) is 4.39 Å². The van der Waals surface area contributed by atoms with E-state index in [1.54, 1.807) is 24.3 Å². The first kappa shape index (κ1) is 21.9. The van der Waals surface area contributed by atoms with E-state index in [9.17, 15) is 14.0 Å². The van der Waals surface area contributed by atoms with Crippen molar-refractivity contribution in [3.8, 4) is 0 Å². The average molecular weight is 406 g/mol. The van der Waals surface area contributed by atoms with E-state index in [0.717, 1.165) is 25.1 Å². The van der Waals surface area contributed by atoms with Crippen molar-refractivity contribution in [3.05, 3.63) is 65.0 Å². The zero-order chi connectivity index (χ0) is 19.4. The highest BCUT2D eigenvalue weighted by Crippen LogP contribution is 2.20. The molecule has 3 N–H and O–H groups in total. The van der Waals surface area contributed by atoms with Crippen molar-refractivity contribution in [3.63, 3.8) is 0 Å². The lowest BCUT2D eigenvalue weighted by Crippen LogP contribution is -2.50. The molecule has 28 heavy (non-hydrogen) atoms. The van der Waals surface area contributed by atoms with Crippen LogP contribution in [0.4, 0.5) is 10.1 Å². The van der Waals surface area contributed by atoms with Crippen LogP contribution in [0.2, 0.25) is 0 Å². The van der Waals surface area contributed by atoms with E-state index >= 15 is 0 Å². The molecule has 0 bridgehead atoms. The van der Waals surface area contributed by atoms with Crippen LogP contribution in [0.3, 0.4) is 0 Å². The molecule has 0 saturated carbocycles. The highest BCUT2D eigenvalue weighted by molar-refractivity contribution is 6.05. The van der Waals surface area contributed by atoms with Gasteiger partial charge < -0.3 is 16.0 Å². The number of hydrogen-bond donors (Lipinski definition) is 3. The number of hydrogen-bond acceptors (Lipinski definition) is 3. The van der Waals surface area contributed by atoms with Gasteiger partial charge in [0, 0.05) is 23.8 Å². The fourth-order valence-corrected chi connectivity index (χ4v) is 3.17. The van der Waals surface area contributed by atoms with Crippen molar-refractivity contribution >= 4 is 29.9 Å². The summed E-state index contributed by atoms with van der Waals surface area (Å²) in [5, 5.41) is 9.04. The first-order valence-corrected chi connectivity index (χ1v) is 9.14. The van der Waals surface area contributed by atoms with Gasteiger partial charge in [-0.3, -0.25) is 9.59 Å². The zero-order valence-electron chi connectivity index (χ0n) is 15.9. The SMILES string of the molecule is Cc1ccc(C(=O)NC2CNCCC2C)cc1NC(=O)c1ccccc1F.Cl. The van der Waals surface area contributed by atoms with Crippen LogP contribution in [-0.2, 0) is 0 Å². The third kappa shape index (κ3) is 5.09. The monoisotopic (exact) mass is 405 g/mol. The first-order chi connectivity index (χ1) is 13.0. The minimum absolute atomic E-state index is 0. The standard InChI is InChI=1S/C21H24FN3O2.ClH/c1-13-7-8-15(20(26)25-19-12-23-10-9-14(19)2)11-18(13)24-21(27)16-5-3-4-6-17(16)22;/h3-8,11,14,19,23H,9-10,12H2,1-2H3,(H,24,27)(H,25,26);1H. The number of anilines is 1. The second kappa shape index (κ2) is 9.66. The topological polar surface area (TPSA) is 70.2 Å². The van der Waals surface area contributed by atoms with E-state index in [2.05, 4.69) is 22.9 Å². The van der Waals surface area contributed by atoms with Crippen molar-refractivity contribution < 1.29 is 14.0 Å². The van der Waals surface area contributed by atoms with Crippen LogP contribution < -0.4 is 16.0 Å². The lowest BCUT2D eigenvalue weighted by molar-refractivity contribution is 0.0914. The molecule has 150 valence electrons. The predicted octanol–water partition coefficient (Wildman–Crippen LogP) is 3.54. The fraction of sp³-hybridized carbons (Fsp3) is 0.333. The van der Waals surface area contributed by atoms with Gasteiger partial charge in [-0.15, -0.1) is 12.4 Å². The molecule has 1 aliphatic rings. The average Bonchev–Trinajstić information content (AvgIpc) is 2.65. The number of piperidine rings is 1. The smallest absolute Gasteiger partial charge is 0.258 e. The lowest BCUT2D eigenvalue weighted by Gasteiger charge is -2.30. The van der Waals surface area contributed by atoms with Crippen molar-refractivity contribution in [2.24, 2.45) is 5.92 Å². The van der Waals surface area contributed by atoms with Gasteiger partial charge in [0.2, 0.25) is 0 Å². The molecule has 0 aromatic heterocycles. The molecule has 0 spiro atoms. The molecule has 1 fully saturated rings. The molecule has 2 unspecified atom stereocenters. The number of nitrogens with one attached hydrogen (secondary N) is 3. The Morgan fingerprint density at radius 3 is 2.61 bits per heavy atom. The number of amides is 2. The molecule has 1 saturated heterocycles. The maximum atomic E-state index is 13.8. The van der Waals surface area contributed by atoms with Gasteiger partial charge in [-0.2, -0.15) is 0 Å².